The molecule has 0 saturated carbocycles. The molecule has 0 spiro atoms. The molecular formula is C17H20ClN4O3+. The number of carbonyl (C=O) groups excluding carboxylic acids is 1. The molecule has 3 rings (SSSR count). The monoisotopic (exact) mass is 363 g/mol. The molecule has 0 atom stereocenters. The Balaban J connectivity index is 2.19. The minimum Gasteiger partial charge on any atom is -0.465 e. The van der Waals surface area contributed by atoms with Crippen LogP contribution in [0.2, 0.25) is 5.15 Å². The van der Waals surface area contributed by atoms with E-state index in [1.807, 2.05) is 0 Å². The lowest BCUT2D eigenvalue weighted by Gasteiger charge is -2.22. The second-order valence-electron chi connectivity index (χ2n) is 6.04. The van der Waals surface area contributed by atoms with Crippen LogP contribution >= 0.6 is 11.6 Å². The van der Waals surface area contributed by atoms with Crippen molar-refractivity contribution >= 4 is 40.3 Å². The van der Waals surface area contributed by atoms with E-state index in [0.29, 0.717) is 35.6 Å². The zero-order valence-corrected chi connectivity index (χ0v) is 14.9. The Morgan fingerprint density at radius 3 is 2.76 bits per heavy atom. The Labute approximate surface area is 150 Å². The summed E-state index contributed by atoms with van der Waals surface area (Å²) in [5.41, 5.74) is 8.39. The summed E-state index contributed by atoms with van der Waals surface area (Å²) in [6, 6.07) is 3.41. The minimum atomic E-state index is -0.444. The van der Waals surface area contributed by atoms with Gasteiger partial charge in [-0.3, -0.25) is 0 Å². The first kappa shape index (κ1) is 17.6. The van der Waals surface area contributed by atoms with Crippen molar-refractivity contribution in [2.24, 2.45) is 5.92 Å². The molecule has 25 heavy (non-hydrogen) atoms. The van der Waals surface area contributed by atoms with E-state index in [1.165, 1.54) is 7.11 Å². The number of fused-ring (bicyclic) bond motifs is 1. The quantitative estimate of drug-likeness (QED) is 0.368. The van der Waals surface area contributed by atoms with Crippen molar-refractivity contribution in [2.45, 2.75) is 19.8 Å². The van der Waals surface area contributed by atoms with Crippen LogP contribution in [0.15, 0.2) is 12.1 Å². The van der Waals surface area contributed by atoms with Crippen molar-refractivity contribution in [1.29, 1.82) is 5.41 Å². The molecule has 8 heteroatoms. The second kappa shape index (κ2) is 6.93. The van der Waals surface area contributed by atoms with Crippen LogP contribution in [0, 0.1) is 18.3 Å². The van der Waals surface area contributed by atoms with Gasteiger partial charge in [-0.1, -0.05) is 11.6 Å². The van der Waals surface area contributed by atoms with Crippen LogP contribution in [0.5, 0.6) is 0 Å². The highest BCUT2D eigenvalue weighted by molar-refractivity contribution is 6.31. The van der Waals surface area contributed by atoms with Gasteiger partial charge in [0, 0.05) is 13.2 Å². The number of rotatable bonds is 2. The number of methoxy groups -OCH3 is 1. The Hall–Kier alpha value is -2.25. The third kappa shape index (κ3) is 3.17. The highest BCUT2D eigenvalue weighted by atomic mass is 35.5. The summed E-state index contributed by atoms with van der Waals surface area (Å²) in [6.07, 6.45) is 1.51. The molecule has 1 saturated heterocycles. The normalized spacial score (nSPS) is 15.3. The van der Waals surface area contributed by atoms with Crippen LogP contribution < -0.4 is 10.3 Å². The number of benzene rings is 1. The van der Waals surface area contributed by atoms with E-state index in [9.17, 15) is 4.79 Å². The Kier molecular flexibility index (Phi) is 4.87. The molecule has 1 aliphatic heterocycles. The van der Waals surface area contributed by atoms with Crippen LogP contribution in [0.4, 0.5) is 5.82 Å². The summed E-state index contributed by atoms with van der Waals surface area (Å²) in [7, 11) is 1.33. The number of anilines is 1. The topological polar surface area (TPSA) is 102 Å². The smallest absolute Gasteiger partial charge is 0.338 e. The number of nitrogens with one attached hydrogen (secondary N) is 1. The van der Waals surface area contributed by atoms with Crippen LogP contribution in [0.1, 0.15) is 28.8 Å². The van der Waals surface area contributed by atoms with Gasteiger partial charge in [-0.2, -0.15) is 9.98 Å². The lowest BCUT2D eigenvalue weighted by molar-refractivity contribution is -0.516. The van der Waals surface area contributed by atoms with Gasteiger partial charge >= 0.3 is 5.97 Å². The van der Waals surface area contributed by atoms with Crippen molar-refractivity contribution < 1.29 is 18.8 Å². The second-order valence-corrected chi connectivity index (χ2v) is 6.40. The standard InChI is InChI=1S/C17H19ClN4O3/c1-9-7-13-12(8-11(9)17(23)24-2)21-14(18)16(20)22(13)15(19)10-3-5-25-6-4-10/h7-8,10,19-20H,3-6H2,1-2H3/p+1. The van der Waals surface area contributed by atoms with E-state index in [4.69, 9.17) is 32.2 Å². The Morgan fingerprint density at radius 2 is 2.12 bits per heavy atom. The summed E-state index contributed by atoms with van der Waals surface area (Å²) in [6.45, 7) is 3.05. The zero-order valence-electron chi connectivity index (χ0n) is 14.1. The Bertz CT molecular complexity index is 863. The zero-order chi connectivity index (χ0) is 18.1. The van der Waals surface area contributed by atoms with Crippen molar-refractivity contribution in [1.82, 2.24) is 4.98 Å². The molecule has 1 aromatic heterocycles. The fraction of sp³-hybridized carbons (Fsp3) is 0.412. The molecule has 0 bridgehead atoms. The SMILES string of the molecule is COC(=O)c1cc2nc(Cl)c(N)[n+](C(=N)C3CCOCC3)c2cc1C. The first-order valence-corrected chi connectivity index (χ1v) is 8.38. The molecular weight excluding hydrogens is 344 g/mol. The maximum atomic E-state index is 11.9. The van der Waals surface area contributed by atoms with Crippen molar-refractivity contribution in [3.63, 3.8) is 0 Å². The molecule has 1 fully saturated rings. The van der Waals surface area contributed by atoms with Gasteiger partial charge in [-0.15, -0.1) is 0 Å². The molecule has 3 N–H and O–H groups in total. The number of nitrogens with two attached hydrogens (primary N) is 1. The Morgan fingerprint density at radius 1 is 1.44 bits per heavy atom. The van der Waals surface area contributed by atoms with Gasteiger partial charge < -0.3 is 15.2 Å². The molecule has 0 aliphatic carbocycles. The number of ether oxygens (including phenoxy) is 2. The minimum absolute atomic E-state index is 0.0308. The number of hydrogen-bond acceptors (Lipinski definition) is 6. The first-order valence-electron chi connectivity index (χ1n) is 8.00. The third-order valence-electron chi connectivity index (χ3n) is 4.49. The van der Waals surface area contributed by atoms with Crippen molar-refractivity contribution in [3.05, 3.63) is 28.4 Å². The van der Waals surface area contributed by atoms with Crippen LogP contribution in [0.3, 0.4) is 0 Å². The number of esters is 1. The summed E-state index contributed by atoms with van der Waals surface area (Å²) in [5, 5.41) is 8.74. The molecule has 2 heterocycles. The van der Waals surface area contributed by atoms with E-state index in [-0.39, 0.29) is 16.9 Å². The van der Waals surface area contributed by atoms with Gasteiger partial charge in [0.05, 0.1) is 18.6 Å². The van der Waals surface area contributed by atoms with Gasteiger partial charge in [0.25, 0.3) is 5.82 Å². The van der Waals surface area contributed by atoms with Gasteiger partial charge in [0.1, 0.15) is 11.0 Å². The fourth-order valence-corrected chi connectivity index (χ4v) is 3.25. The molecule has 1 aliphatic rings. The number of halogens is 1. The van der Waals surface area contributed by atoms with Crippen molar-refractivity contribution in [2.75, 3.05) is 26.1 Å². The molecule has 0 unspecified atom stereocenters. The number of nitrogens with zero attached hydrogens (tertiary/aromatic N) is 2. The third-order valence-corrected chi connectivity index (χ3v) is 4.77. The molecule has 132 valence electrons. The van der Waals surface area contributed by atoms with Crippen LogP contribution in [-0.2, 0) is 9.47 Å². The molecule has 2 aromatic rings. The lowest BCUT2D eigenvalue weighted by Crippen LogP contribution is -2.51. The predicted molar refractivity (Wildman–Crippen MR) is 94.1 cm³/mol. The predicted octanol–water partition coefficient (Wildman–Crippen LogP) is 2.10. The average Bonchev–Trinajstić information content (AvgIpc) is 2.62. The van der Waals surface area contributed by atoms with E-state index in [0.717, 1.165) is 18.4 Å². The van der Waals surface area contributed by atoms with Gasteiger partial charge in [0.2, 0.25) is 11.0 Å². The lowest BCUT2D eigenvalue weighted by atomic mass is 9.98. The number of hydrogen-bond donors (Lipinski definition) is 2. The number of aryl methyl sites for hydroxylation is 1. The van der Waals surface area contributed by atoms with Gasteiger partial charge in [0.15, 0.2) is 0 Å². The van der Waals surface area contributed by atoms with E-state index < -0.39 is 5.97 Å². The van der Waals surface area contributed by atoms with Crippen molar-refractivity contribution in [3.8, 4) is 0 Å². The van der Waals surface area contributed by atoms with E-state index >= 15 is 0 Å². The summed E-state index contributed by atoms with van der Waals surface area (Å²) in [4.78, 5) is 16.2. The van der Waals surface area contributed by atoms with Crippen LogP contribution in [-0.4, -0.2) is 37.1 Å². The van der Waals surface area contributed by atoms with E-state index in [1.54, 1.807) is 23.6 Å². The van der Waals surface area contributed by atoms with Gasteiger partial charge in [-0.05, 0) is 37.5 Å². The largest absolute Gasteiger partial charge is 0.465 e. The highest BCUT2D eigenvalue weighted by Gasteiger charge is 2.29. The van der Waals surface area contributed by atoms with Crippen LogP contribution in [0.25, 0.3) is 11.0 Å². The molecule has 0 radical (unpaired) electrons. The first-order chi connectivity index (χ1) is 11.9. The highest BCUT2D eigenvalue weighted by Crippen LogP contribution is 2.23. The molecule has 0 amide bonds. The molecule has 1 aromatic carbocycles. The maximum absolute atomic E-state index is 11.9. The summed E-state index contributed by atoms with van der Waals surface area (Å²) in [5.74, 6) is 0.166. The molecule has 7 nitrogen and oxygen atoms in total. The number of nitrogen functional groups attached to an aromatic ring is 1. The van der Waals surface area contributed by atoms with Gasteiger partial charge in [-0.25, -0.2) is 9.78 Å². The summed E-state index contributed by atoms with van der Waals surface area (Å²) >= 11 is 6.19. The fourth-order valence-electron chi connectivity index (χ4n) is 3.08. The number of aromatic nitrogens is 2. The maximum Gasteiger partial charge on any atom is 0.338 e. The number of carbonyl (C=O) groups is 1. The summed E-state index contributed by atoms with van der Waals surface area (Å²) < 4.78 is 11.8. The average molecular weight is 364 g/mol. The van der Waals surface area contributed by atoms with E-state index in [2.05, 4.69) is 4.98 Å².